The van der Waals surface area contributed by atoms with E-state index in [1.165, 1.54) is 23.1 Å². The number of amides is 2. The van der Waals surface area contributed by atoms with Crippen molar-refractivity contribution in [2.75, 3.05) is 24.6 Å². The van der Waals surface area contributed by atoms with Crippen LogP contribution >= 0.6 is 11.6 Å². The van der Waals surface area contributed by atoms with Crippen LogP contribution in [0, 0.1) is 0 Å². The molecule has 3 rings (SSSR count). The Labute approximate surface area is 170 Å². The van der Waals surface area contributed by atoms with E-state index in [-0.39, 0.29) is 24.8 Å². The molecule has 0 bridgehead atoms. The van der Waals surface area contributed by atoms with Gasteiger partial charge in [-0.2, -0.15) is 13.2 Å². The SMILES string of the molecule is O=C(NCCOc1cccc(C(F)(F)F)c1)c1ccc(Cl)cc1N1CCCC1=O. The van der Waals surface area contributed by atoms with Gasteiger partial charge in [-0.25, -0.2) is 0 Å². The van der Waals surface area contributed by atoms with E-state index in [0.29, 0.717) is 35.7 Å². The molecule has 1 aliphatic rings. The molecule has 9 heteroatoms. The predicted octanol–water partition coefficient (Wildman–Crippen LogP) is 4.29. The van der Waals surface area contributed by atoms with E-state index in [1.807, 2.05) is 0 Å². The molecule has 2 aromatic rings. The molecule has 0 aromatic heterocycles. The van der Waals surface area contributed by atoms with Crippen LogP contribution in [0.5, 0.6) is 5.75 Å². The van der Waals surface area contributed by atoms with Crippen LogP contribution in [0.15, 0.2) is 42.5 Å². The number of hydrogen-bond donors (Lipinski definition) is 1. The van der Waals surface area contributed by atoms with E-state index < -0.39 is 17.6 Å². The lowest BCUT2D eigenvalue weighted by atomic mass is 10.1. The van der Waals surface area contributed by atoms with Crippen molar-refractivity contribution in [3.8, 4) is 5.75 Å². The Balaban J connectivity index is 1.60. The second-order valence-electron chi connectivity index (χ2n) is 6.44. The fourth-order valence-corrected chi connectivity index (χ4v) is 3.18. The number of hydrogen-bond acceptors (Lipinski definition) is 3. The highest BCUT2D eigenvalue weighted by Crippen LogP contribution is 2.31. The molecular formula is C20H18ClF3N2O3. The van der Waals surface area contributed by atoms with Crippen LogP contribution in [0.25, 0.3) is 0 Å². The average Bonchev–Trinajstić information content (AvgIpc) is 3.10. The first-order valence-electron chi connectivity index (χ1n) is 8.94. The highest BCUT2D eigenvalue weighted by Gasteiger charge is 2.30. The summed E-state index contributed by atoms with van der Waals surface area (Å²) in [4.78, 5) is 26.1. The fraction of sp³-hybridized carbons (Fsp3) is 0.300. The number of anilines is 1. The Bertz CT molecular complexity index is 918. The molecule has 1 saturated heterocycles. The summed E-state index contributed by atoms with van der Waals surface area (Å²) in [5.41, 5.74) is -0.0693. The minimum atomic E-state index is -4.45. The molecule has 1 aliphatic heterocycles. The van der Waals surface area contributed by atoms with Crippen molar-refractivity contribution < 1.29 is 27.5 Å². The third-order valence-corrected chi connectivity index (χ3v) is 4.62. The summed E-state index contributed by atoms with van der Waals surface area (Å²) < 4.78 is 43.5. The average molecular weight is 427 g/mol. The standard InChI is InChI=1S/C20H18ClF3N2O3/c21-14-6-7-16(17(12-14)26-9-2-5-18(26)27)19(28)25-8-10-29-15-4-1-3-13(11-15)20(22,23)24/h1,3-4,6-7,11-12H,2,5,8-10H2,(H,25,28). The molecule has 154 valence electrons. The van der Waals surface area contributed by atoms with Gasteiger partial charge in [0.2, 0.25) is 5.91 Å². The van der Waals surface area contributed by atoms with Crippen LogP contribution in [-0.4, -0.2) is 31.5 Å². The number of carbonyl (C=O) groups excluding carboxylic acids is 2. The summed E-state index contributed by atoms with van der Waals surface area (Å²) in [5, 5.41) is 3.05. The second kappa shape index (κ2) is 8.73. The van der Waals surface area contributed by atoms with Crippen molar-refractivity contribution in [3.05, 3.63) is 58.6 Å². The number of halogens is 4. The Morgan fingerprint density at radius 3 is 2.69 bits per heavy atom. The summed E-state index contributed by atoms with van der Waals surface area (Å²) in [6.07, 6.45) is -3.33. The number of carbonyl (C=O) groups is 2. The van der Waals surface area contributed by atoms with Crippen molar-refractivity contribution in [1.82, 2.24) is 5.32 Å². The fourth-order valence-electron chi connectivity index (χ4n) is 3.01. The van der Waals surface area contributed by atoms with Gasteiger partial charge >= 0.3 is 6.18 Å². The van der Waals surface area contributed by atoms with E-state index in [1.54, 1.807) is 12.1 Å². The number of alkyl halides is 3. The number of nitrogens with one attached hydrogen (secondary N) is 1. The first-order chi connectivity index (χ1) is 13.8. The van der Waals surface area contributed by atoms with Gasteiger partial charge in [0.25, 0.3) is 5.91 Å². The number of rotatable bonds is 6. The Kier molecular flexibility index (Phi) is 6.32. The summed E-state index contributed by atoms with van der Waals surface area (Å²) in [5.74, 6) is -0.442. The van der Waals surface area contributed by atoms with Gasteiger partial charge in [0.05, 0.1) is 23.4 Å². The van der Waals surface area contributed by atoms with Crippen LogP contribution in [-0.2, 0) is 11.0 Å². The molecule has 0 atom stereocenters. The van der Waals surface area contributed by atoms with Gasteiger partial charge in [-0.3, -0.25) is 9.59 Å². The lowest BCUT2D eigenvalue weighted by molar-refractivity contribution is -0.137. The van der Waals surface area contributed by atoms with Crippen molar-refractivity contribution in [1.29, 1.82) is 0 Å². The molecule has 2 aromatic carbocycles. The predicted molar refractivity (Wildman–Crippen MR) is 102 cm³/mol. The Morgan fingerprint density at radius 2 is 2.00 bits per heavy atom. The topological polar surface area (TPSA) is 58.6 Å². The lowest BCUT2D eigenvalue weighted by Gasteiger charge is -2.20. The normalized spacial score (nSPS) is 14.2. The summed E-state index contributed by atoms with van der Waals surface area (Å²) in [7, 11) is 0. The second-order valence-corrected chi connectivity index (χ2v) is 6.88. The largest absolute Gasteiger partial charge is 0.492 e. The first-order valence-corrected chi connectivity index (χ1v) is 9.31. The van der Waals surface area contributed by atoms with Crippen LogP contribution in [0.4, 0.5) is 18.9 Å². The summed E-state index contributed by atoms with van der Waals surface area (Å²) >= 11 is 6.02. The minimum absolute atomic E-state index is 0.0153. The third-order valence-electron chi connectivity index (χ3n) is 4.39. The minimum Gasteiger partial charge on any atom is -0.492 e. The zero-order valence-corrected chi connectivity index (χ0v) is 16.0. The number of benzene rings is 2. The van der Waals surface area contributed by atoms with Crippen LogP contribution in [0.2, 0.25) is 5.02 Å². The molecule has 0 unspecified atom stereocenters. The number of nitrogens with zero attached hydrogens (tertiary/aromatic N) is 1. The first kappa shape index (κ1) is 21.0. The van der Waals surface area contributed by atoms with Gasteiger partial charge < -0.3 is 15.0 Å². The van der Waals surface area contributed by atoms with E-state index in [9.17, 15) is 22.8 Å². The smallest absolute Gasteiger partial charge is 0.416 e. The molecule has 5 nitrogen and oxygen atoms in total. The van der Waals surface area contributed by atoms with E-state index in [2.05, 4.69) is 5.32 Å². The molecule has 29 heavy (non-hydrogen) atoms. The van der Waals surface area contributed by atoms with Gasteiger partial charge in [0.1, 0.15) is 12.4 Å². The van der Waals surface area contributed by atoms with E-state index in [4.69, 9.17) is 16.3 Å². The Morgan fingerprint density at radius 1 is 1.21 bits per heavy atom. The Hall–Kier alpha value is -2.74. The molecule has 1 N–H and O–H groups in total. The lowest BCUT2D eigenvalue weighted by Crippen LogP contribution is -2.31. The maximum atomic E-state index is 12.7. The van der Waals surface area contributed by atoms with Crippen molar-refractivity contribution in [3.63, 3.8) is 0 Å². The molecular weight excluding hydrogens is 409 g/mol. The van der Waals surface area contributed by atoms with Gasteiger partial charge in [0, 0.05) is 18.0 Å². The van der Waals surface area contributed by atoms with Crippen molar-refractivity contribution in [2.45, 2.75) is 19.0 Å². The molecule has 0 radical (unpaired) electrons. The molecule has 1 fully saturated rings. The van der Waals surface area contributed by atoms with Gasteiger partial charge in [0.15, 0.2) is 0 Å². The zero-order chi connectivity index (χ0) is 21.0. The van der Waals surface area contributed by atoms with Crippen molar-refractivity contribution >= 4 is 29.1 Å². The quantitative estimate of drug-likeness (QED) is 0.701. The van der Waals surface area contributed by atoms with Crippen LogP contribution < -0.4 is 15.0 Å². The molecule has 1 heterocycles. The third kappa shape index (κ3) is 5.20. The van der Waals surface area contributed by atoms with Gasteiger partial charge in [-0.05, 0) is 42.8 Å². The van der Waals surface area contributed by atoms with Gasteiger partial charge in [-0.1, -0.05) is 17.7 Å². The molecule has 0 spiro atoms. The summed E-state index contributed by atoms with van der Waals surface area (Å²) in [6, 6.07) is 9.18. The highest BCUT2D eigenvalue weighted by molar-refractivity contribution is 6.31. The zero-order valence-electron chi connectivity index (χ0n) is 15.3. The maximum Gasteiger partial charge on any atom is 0.416 e. The molecule has 2 amide bonds. The summed E-state index contributed by atoms with van der Waals surface area (Å²) in [6.45, 7) is 0.571. The number of ether oxygens (including phenoxy) is 1. The van der Waals surface area contributed by atoms with Gasteiger partial charge in [-0.15, -0.1) is 0 Å². The molecule has 0 aliphatic carbocycles. The molecule has 0 saturated carbocycles. The van der Waals surface area contributed by atoms with E-state index in [0.717, 1.165) is 12.1 Å². The highest BCUT2D eigenvalue weighted by atomic mass is 35.5. The maximum absolute atomic E-state index is 12.7. The van der Waals surface area contributed by atoms with Crippen LogP contribution in [0.3, 0.4) is 0 Å². The van der Waals surface area contributed by atoms with E-state index >= 15 is 0 Å². The van der Waals surface area contributed by atoms with Crippen LogP contribution in [0.1, 0.15) is 28.8 Å². The monoisotopic (exact) mass is 426 g/mol. The van der Waals surface area contributed by atoms with Crippen molar-refractivity contribution in [2.24, 2.45) is 0 Å².